The fourth-order valence-corrected chi connectivity index (χ4v) is 3.43. The summed E-state index contributed by atoms with van der Waals surface area (Å²) >= 11 is 1.64. The number of amides is 3. The molecule has 2 N–H and O–H groups in total. The highest BCUT2D eigenvalue weighted by Crippen LogP contribution is 2.28. The average molecular weight is 383 g/mol. The van der Waals surface area contributed by atoms with Crippen LogP contribution in [0.15, 0.2) is 53.4 Å². The molecule has 140 valence electrons. The van der Waals surface area contributed by atoms with Gasteiger partial charge in [0.15, 0.2) is 0 Å². The van der Waals surface area contributed by atoms with Gasteiger partial charge in [-0.2, -0.15) is 0 Å². The van der Waals surface area contributed by atoms with Crippen molar-refractivity contribution in [2.75, 3.05) is 30.1 Å². The molecule has 2 aromatic carbocycles. The zero-order valence-electron chi connectivity index (χ0n) is 15.2. The van der Waals surface area contributed by atoms with Crippen LogP contribution >= 0.6 is 11.8 Å². The summed E-state index contributed by atoms with van der Waals surface area (Å²) in [5.41, 5.74) is 1.80. The lowest BCUT2D eigenvalue weighted by Crippen LogP contribution is -2.28. The van der Waals surface area contributed by atoms with Gasteiger partial charge in [-0.05, 0) is 48.7 Å². The SMILES string of the molecule is CNC(=O)c1cccc(NC(=O)C2CC(=O)N(c3ccc(SC)cc3)C2)c1. The van der Waals surface area contributed by atoms with Gasteiger partial charge < -0.3 is 15.5 Å². The van der Waals surface area contributed by atoms with E-state index in [0.29, 0.717) is 17.8 Å². The van der Waals surface area contributed by atoms with Crippen molar-refractivity contribution in [1.82, 2.24) is 5.32 Å². The van der Waals surface area contributed by atoms with E-state index < -0.39 is 5.92 Å². The van der Waals surface area contributed by atoms with Crippen LogP contribution in [0, 0.1) is 5.92 Å². The molecule has 0 radical (unpaired) electrons. The molecule has 0 bridgehead atoms. The second-order valence-corrected chi connectivity index (χ2v) is 7.13. The number of rotatable bonds is 5. The minimum absolute atomic E-state index is 0.0637. The number of nitrogens with zero attached hydrogens (tertiary/aromatic N) is 1. The predicted molar refractivity (Wildman–Crippen MR) is 107 cm³/mol. The standard InChI is InChI=1S/C20H21N3O3S/c1-21-19(25)13-4-3-5-15(10-13)22-20(26)14-11-18(24)23(12-14)16-6-8-17(27-2)9-7-16/h3-10,14H,11-12H2,1-2H3,(H,21,25)(H,22,26). The molecule has 0 aromatic heterocycles. The first-order valence-electron chi connectivity index (χ1n) is 8.59. The Morgan fingerprint density at radius 3 is 2.56 bits per heavy atom. The molecule has 1 atom stereocenters. The van der Waals surface area contributed by atoms with Gasteiger partial charge in [-0.1, -0.05) is 6.07 Å². The van der Waals surface area contributed by atoms with Crippen molar-refractivity contribution < 1.29 is 14.4 Å². The topological polar surface area (TPSA) is 78.5 Å². The van der Waals surface area contributed by atoms with Gasteiger partial charge in [-0.25, -0.2) is 0 Å². The molecule has 27 heavy (non-hydrogen) atoms. The molecule has 0 aliphatic carbocycles. The van der Waals surface area contributed by atoms with Gasteiger partial charge in [-0.15, -0.1) is 11.8 Å². The molecule has 2 aromatic rings. The monoisotopic (exact) mass is 383 g/mol. The molecule has 7 heteroatoms. The van der Waals surface area contributed by atoms with Gasteiger partial charge in [0.25, 0.3) is 5.91 Å². The summed E-state index contributed by atoms with van der Waals surface area (Å²) in [7, 11) is 1.55. The molecule has 6 nitrogen and oxygen atoms in total. The van der Waals surface area contributed by atoms with Crippen LogP contribution in [-0.2, 0) is 9.59 Å². The van der Waals surface area contributed by atoms with Crippen molar-refractivity contribution in [2.24, 2.45) is 5.92 Å². The summed E-state index contributed by atoms with van der Waals surface area (Å²) < 4.78 is 0. The van der Waals surface area contributed by atoms with Crippen molar-refractivity contribution in [3.63, 3.8) is 0 Å². The van der Waals surface area contributed by atoms with Crippen LogP contribution in [0.5, 0.6) is 0 Å². The summed E-state index contributed by atoms with van der Waals surface area (Å²) in [4.78, 5) is 39.4. The summed E-state index contributed by atoms with van der Waals surface area (Å²) in [5.74, 6) is -0.935. The highest BCUT2D eigenvalue weighted by atomic mass is 32.2. The van der Waals surface area contributed by atoms with Crippen molar-refractivity contribution in [1.29, 1.82) is 0 Å². The van der Waals surface area contributed by atoms with E-state index in [1.54, 1.807) is 48.0 Å². The number of hydrogen-bond donors (Lipinski definition) is 2. The van der Waals surface area contributed by atoms with Crippen LogP contribution in [0.3, 0.4) is 0 Å². The lowest BCUT2D eigenvalue weighted by molar-refractivity contribution is -0.122. The highest BCUT2D eigenvalue weighted by Gasteiger charge is 2.35. The van der Waals surface area contributed by atoms with Crippen molar-refractivity contribution in [3.8, 4) is 0 Å². The molecule has 1 unspecified atom stereocenters. The number of carbonyl (C=O) groups is 3. The molecule has 1 fully saturated rings. The number of nitrogens with one attached hydrogen (secondary N) is 2. The fraction of sp³-hybridized carbons (Fsp3) is 0.250. The Labute approximate surface area is 162 Å². The fourth-order valence-electron chi connectivity index (χ4n) is 3.02. The molecule has 3 rings (SSSR count). The van der Waals surface area contributed by atoms with E-state index in [2.05, 4.69) is 10.6 Å². The maximum absolute atomic E-state index is 12.6. The maximum Gasteiger partial charge on any atom is 0.251 e. The Hall–Kier alpha value is -2.80. The Bertz CT molecular complexity index is 867. The highest BCUT2D eigenvalue weighted by molar-refractivity contribution is 7.98. The summed E-state index contributed by atoms with van der Waals surface area (Å²) in [6.45, 7) is 0.346. The van der Waals surface area contributed by atoms with Gasteiger partial charge in [0.1, 0.15) is 0 Å². The van der Waals surface area contributed by atoms with Crippen molar-refractivity contribution in [2.45, 2.75) is 11.3 Å². The van der Waals surface area contributed by atoms with E-state index in [-0.39, 0.29) is 24.1 Å². The van der Waals surface area contributed by atoms with Crippen LogP contribution in [0.25, 0.3) is 0 Å². The van der Waals surface area contributed by atoms with Crippen LogP contribution < -0.4 is 15.5 Å². The Morgan fingerprint density at radius 1 is 1.15 bits per heavy atom. The second kappa shape index (κ2) is 8.26. The molecule has 3 amide bonds. The Balaban J connectivity index is 1.67. The first kappa shape index (κ1) is 19.0. The first-order chi connectivity index (χ1) is 13.0. The molecule has 1 aliphatic heterocycles. The average Bonchev–Trinajstić information content (AvgIpc) is 3.09. The van der Waals surface area contributed by atoms with Crippen LogP contribution in [-0.4, -0.2) is 37.6 Å². The van der Waals surface area contributed by atoms with E-state index in [4.69, 9.17) is 0 Å². The number of carbonyl (C=O) groups excluding carboxylic acids is 3. The van der Waals surface area contributed by atoms with Gasteiger partial charge >= 0.3 is 0 Å². The lowest BCUT2D eigenvalue weighted by atomic mass is 10.1. The second-order valence-electron chi connectivity index (χ2n) is 6.25. The van der Waals surface area contributed by atoms with E-state index in [1.807, 2.05) is 30.5 Å². The van der Waals surface area contributed by atoms with Crippen LogP contribution in [0.4, 0.5) is 11.4 Å². The summed E-state index contributed by atoms with van der Waals surface area (Å²) in [6.07, 6.45) is 2.17. The minimum atomic E-state index is -0.429. The van der Waals surface area contributed by atoms with Gasteiger partial charge in [0, 0.05) is 41.8 Å². The number of benzene rings is 2. The Kier molecular flexibility index (Phi) is 5.81. The Morgan fingerprint density at radius 2 is 1.89 bits per heavy atom. The zero-order valence-corrected chi connectivity index (χ0v) is 16.0. The molecule has 0 saturated carbocycles. The quantitative estimate of drug-likeness (QED) is 0.779. The van der Waals surface area contributed by atoms with Gasteiger partial charge in [0.05, 0.1) is 5.92 Å². The lowest BCUT2D eigenvalue weighted by Gasteiger charge is -2.17. The molecular weight excluding hydrogens is 362 g/mol. The predicted octanol–water partition coefficient (Wildman–Crippen LogP) is 2.76. The zero-order chi connectivity index (χ0) is 19.4. The largest absolute Gasteiger partial charge is 0.355 e. The summed E-state index contributed by atoms with van der Waals surface area (Å²) in [5, 5.41) is 5.36. The minimum Gasteiger partial charge on any atom is -0.355 e. The maximum atomic E-state index is 12.6. The molecule has 1 heterocycles. The van der Waals surface area contributed by atoms with E-state index in [1.165, 1.54) is 0 Å². The number of thioether (sulfide) groups is 1. The third-order valence-electron chi connectivity index (χ3n) is 4.50. The van der Waals surface area contributed by atoms with Crippen molar-refractivity contribution in [3.05, 3.63) is 54.1 Å². The van der Waals surface area contributed by atoms with E-state index in [0.717, 1.165) is 10.6 Å². The van der Waals surface area contributed by atoms with Gasteiger partial charge in [-0.3, -0.25) is 14.4 Å². The number of anilines is 2. The molecule has 1 aliphatic rings. The third kappa shape index (κ3) is 4.31. The third-order valence-corrected chi connectivity index (χ3v) is 5.24. The molecule has 1 saturated heterocycles. The van der Waals surface area contributed by atoms with Gasteiger partial charge in [0.2, 0.25) is 11.8 Å². The van der Waals surface area contributed by atoms with Crippen LogP contribution in [0.1, 0.15) is 16.8 Å². The smallest absolute Gasteiger partial charge is 0.251 e. The van der Waals surface area contributed by atoms with E-state index >= 15 is 0 Å². The van der Waals surface area contributed by atoms with E-state index in [9.17, 15) is 14.4 Å². The molecule has 0 spiro atoms. The molecular formula is C20H21N3O3S. The summed E-state index contributed by atoms with van der Waals surface area (Å²) in [6, 6.07) is 14.4. The first-order valence-corrected chi connectivity index (χ1v) is 9.81. The van der Waals surface area contributed by atoms with Crippen LogP contribution in [0.2, 0.25) is 0 Å². The number of hydrogen-bond acceptors (Lipinski definition) is 4. The van der Waals surface area contributed by atoms with Crippen molar-refractivity contribution >= 4 is 40.9 Å². The normalized spacial score (nSPS) is 16.3.